The average molecular weight is 451 g/mol. The summed E-state index contributed by atoms with van der Waals surface area (Å²) in [6.07, 6.45) is 1.47. The third-order valence-electron chi connectivity index (χ3n) is 7.13. The summed E-state index contributed by atoms with van der Waals surface area (Å²) in [6, 6.07) is 12.2. The summed E-state index contributed by atoms with van der Waals surface area (Å²) in [6.45, 7) is 4.83. The van der Waals surface area contributed by atoms with Gasteiger partial charge in [-0.2, -0.15) is 0 Å². The molecule has 3 aliphatic rings. The Morgan fingerprint density at radius 1 is 1.15 bits per heavy atom. The van der Waals surface area contributed by atoms with Crippen molar-refractivity contribution in [2.75, 3.05) is 36.5 Å². The van der Waals surface area contributed by atoms with Gasteiger partial charge in [0, 0.05) is 37.3 Å². The SMILES string of the molecule is Cc1ccccc1N1Cc2ccc(NC3CCN(C(=O)O)CC3)nc2C(C2CCOC2)C1=O. The van der Waals surface area contributed by atoms with Crippen LogP contribution in [0.1, 0.15) is 42.0 Å². The van der Waals surface area contributed by atoms with Crippen molar-refractivity contribution in [3.63, 3.8) is 0 Å². The lowest BCUT2D eigenvalue weighted by atomic mass is 9.82. The highest BCUT2D eigenvalue weighted by atomic mass is 16.5. The lowest BCUT2D eigenvalue weighted by molar-refractivity contribution is -0.122. The molecule has 8 nitrogen and oxygen atoms in total. The number of amides is 2. The molecular weight excluding hydrogens is 420 g/mol. The molecule has 33 heavy (non-hydrogen) atoms. The Balaban J connectivity index is 1.42. The molecule has 1 aromatic carbocycles. The molecule has 0 aliphatic carbocycles. The third-order valence-corrected chi connectivity index (χ3v) is 7.13. The minimum Gasteiger partial charge on any atom is -0.465 e. The minimum absolute atomic E-state index is 0.0896. The minimum atomic E-state index is -0.862. The average Bonchev–Trinajstić information content (AvgIpc) is 3.34. The van der Waals surface area contributed by atoms with Gasteiger partial charge in [0.05, 0.1) is 24.8 Å². The largest absolute Gasteiger partial charge is 0.465 e. The molecule has 8 heteroatoms. The van der Waals surface area contributed by atoms with E-state index in [9.17, 15) is 14.7 Å². The Bertz CT molecular complexity index is 1040. The fraction of sp³-hybridized carbons (Fsp3) is 0.480. The molecule has 0 saturated carbocycles. The second kappa shape index (κ2) is 9.02. The molecule has 2 aromatic rings. The van der Waals surface area contributed by atoms with Crippen LogP contribution in [0.4, 0.5) is 16.3 Å². The van der Waals surface area contributed by atoms with Crippen LogP contribution in [0.3, 0.4) is 0 Å². The number of hydrogen-bond acceptors (Lipinski definition) is 5. The first-order valence-electron chi connectivity index (χ1n) is 11.7. The number of para-hydroxylation sites is 1. The van der Waals surface area contributed by atoms with E-state index in [2.05, 4.69) is 11.4 Å². The third kappa shape index (κ3) is 4.27. The fourth-order valence-electron chi connectivity index (χ4n) is 5.26. The molecule has 2 unspecified atom stereocenters. The summed E-state index contributed by atoms with van der Waals surface area (Å²) >= 11 is 0. The van der Waals surface area contributed by atoms with Crippen molar-refractivity contribution in [3.05, 3.63) is 53.2 Å². The van der Waals surface area contributed by atoms with E-state index in [4.69, 9.17) is 9.72 Å². The number of aryl methyl sites for hydroxylation is 1. The number of fused-ring (bicyclic) bond motifs is 1. The van der Waals surface area contributed by atoms with Crippen LogP contribution >= 0.6 is 0 Å². The van der Waals surface area contributed by atoms with E-state index < -0.39 is 6.09 Å². The number of nitrogens with one attached hydrogen (secondary N) is 1. The zero-order valence-corrected chi connectivity index (χ0v) is 18.9. The maximum Gasteiger partial charge on any atom is 0.407 e. The van der Waals surface area contributed by atoms with Gasteiger partial charge in [-0.3, -0.25) is 4.79 Å². The predicted molar refractivity (Wildman–Crippen MR) is 125 cm³/mol. The second-order valence-corrected chi connectivity index (χ2v) is 9.24. The van der Waals surface area contributed by atoms with Gasteiger partial charge < -0.3 is 25.0 Å². The van der Waals surface area contributed by atoms with E-state index in [0.29, 0.717) is 32.8 Å². The van der Waals surface area contributed by atoms with Crippen LogP contribution in [-0.4, -0.2) is 59.3 Å². The molecular formula is C25H30N4O4. The molecule has 0 bridgehead atoms. The van der Waals surface area contributed by atoms with Crippen LogP contribution < -0.4 is 10.2 Å². The van der Waals surface area contributed by atoms with Crippen molar-refractivity contribution in [3.8, 4) is 0 Å². The van der Waals surface area contributed by atoms with Crippen LogP contribution in [0, 0.1) is 12.8 Å². The van der Waals surface area contributed by atoms with Gasteiger partial charge in [-0.1, -0.05) is 24.3 Å². The number of pyridine rings is 1. The van der Waals surface area contributed by atoms with Crippen LogP contribution in [0.5, 0.6) is 0 Å². The molecule has 3 aliphatic heterocycles. The molecule has 2 saturated heterocycles. The number of aromatic nitrogens is 1. The lowest BCUT2D eigenvalue weighted by Gasteiger charge is -2.37. The zero-order valence-electron chi connectivity index (χ0n) is 18.9. The zero-order chi connectivity index (χ0) is 22.9. The Labute approximate surface area is 193 Å². The van der Waals surface area contributed by atoms with Crippen molar-refractivity contribution >= 4 is 23.5 Å². The molecule has 1 aromatic heterocycles. The molecule has 0 spiro atoms. The Morgan fingerprint density at radius 3 is 2.64 bits per heavy atom. The van der Waals surface area contributed by atoms with Gasteiger partial charge in [0.1, 0.15) is 5.82 Å². The van der Waals surface area contributed by atoms with Crippen molar-refractivity contribution in [1.82, 2.24) is 9.88 Å². The number of likely N-dealkylation sites (tertiary alicyclic amines) is 1. The first-order valence-corrected chi connectivity index (χ1v) is 11.7. The number of benzene rings is 1. The van der Waals surface area contributed by atoms with Gasteiger partial charge in [0.25, 0.3) is 0 Å². The maximum atomic E-state index is 13.8. The van der Waals surface area contributed by atoms with Gasteiger partial charge in [-0.25, -0.2) is 9.78 Å². The summed E-state index contributed by atoms with van der Waals surface area (Å²) in [7, 11) is 0. The number of rotatable bonds is 4. The van der Waals surface area contributed by atoms with E-state index in [1.165, 1.54) is 4.90 Å². The summed E-state index contributed by atoms with van der Waals surface area (Å²) in [5.41, 5.74) is 3.95. The monoisotopic (exact) mass is 450 g/mol. The molecule has 2 N–H and O–H groups in total. The summed E-state index contributed by atoms with van der Waals surface area (Å²) < 4.78 is 5.65. The van der Waals surface area contributed by atoms with Gasteiger partial charge in [0.2, 0.25) is 5.91 Å². The topological polar surface area (TPSA) is 95.0 Å². The molecule has 4 heterocycles. The molecule has 0 radical (unpaired) electrons. The molecule has 2 atom stereocenters. The Morgan fingerprint density at radius 2 is 1.94 bits per heavy atom. The molecule has 2 fully saturated rings. The number of anilines is 2. The first kappa shape index (κ1) is 21.7. The van der Waals surface area contributed by atoms with E-state index in [-0.39, 0.29) is 23.8 Å². The number of nitrogens with zero attached hydrogens (tertiary/aromatic N) is 3. The maximum absolute atomic E-state index is 13.8. The van der Waals surface area contributed by atoms with Crippen LogP contribution in [0.2, 0.25) is 0 Å². The molecule has 2 amide bonds. The van der Waals surface area contributed by atoms with Gasteiger partial charge in [-0.15, -0.1) is 0 Å². The number of piperidine rings is 1. The van der Waals surface area contributed by atoms with Crippen LogP contribution in [-0.2, 0) is 16.1 Å². The smallest absolute Gasteiger partial charge is 0.407 e. The van der Waals surface area contributed by atoms with Crippen molar-refractivity contribution in [2.45, 2.75) is 44.7 Å². The van der Waals surface area contributed by atoms with E-state index in [1.54, 1.807) is 0 Å². The summed E-state index contributed by atoms with van der Waals surface area (Å²) in [5, 5.41) is 12.7. The van der Waals surface area contributed by atoms with Gasteiger partial charge in [-0.05, 0) is 49.4 Å². The number of carbonyl (C=O) groups is 2. The second-order valence-electron chi connectivity index (χ2n) is 9.24. The number of hydrogen-bond donors (Lipinski definition) is 2. The van der Waals surface area contributed by atoms with Crippen molar-refractivity contribution in [1.29, 1.82) is 0 Å². The molecule has 174 valence electrons. The summed E-state index contributed by atoms with van der Waals surface area (Å²) in [4.78, 5) is 33.2. The van der Waals surface area contributed by atoms with Crippen molar-refractivity contribution < 1.29 is 19.4 Å². The number of ether oxygens (including phenoxy) is 1. The lowest BCUT2D eigenvalue weighted by Crippen LogP contribution is -2.43. The molecule has 5 rings (SSSR count). The summed E-state index contributed by atoms with van der Waals surface area (Å²) in [5.74, 6) is 0.631. The predicted octanol–water partition coefficient (Wildman–Crippen LogP) is 3.61. The van der Waals surface area contributed by atoms with E-state index in [0.717, 1.165) is 47.6 Å². The highest BCUT2D eigenvalue weighted by Gasteiger charge is 2.42. The first-order chi connectivity index (χ1) is 16.0. The quantitative estimate of drug-likeness (QED) is 0.739. The van der Waals surface area contributed by atoms with Crippen LogP contribution in [0.25, 0.3) is 0 Å². The Kier molecular flexibility index (Phi) is 5.93. The number of carbonyl (C=O) groups excluding carboxylic acids is 1. The standard InChI is InChI=1S/C25H30N4O4/c1-16-4-2-3-5-20(16)29-14-17-6-7-21(26-19-8-11-28(12-9-19)25(31)32)27-23(17)22(24(29)30)18-10-13-33-15-18/h2-7,18-19,22H,8-15H2,1H3,(H,26,27)(H,31,32). The van der Waals surface area contributed by atoms with Crippen LogP contribution in [0.15, 0.2) is 36.4 Å². The highest BCUT2D eigenvalue weighted by Crippen LogP contribution is 2.40. The van der Waals surface area contributed by atoms with E-state index in [1.807, 2.05) is 42.2 Å². The Hall–Kier alpha value is -3.13. The number of carboxylic acid groups (broad SMARTS) is 1. The van der Waals surface area contributed by atoms with Gasteiger partial charge >= 0.3 is 6.09 Å². The fourth-order valence-corrected chi connectivity index (χ4v) is 5.26. The normalized spacial score (nSPS) is 23.5. The van der Waals surface area contributed by atoms with Gasteiger partial charge in [0.15, 0.2) is 0 Å². The van der Waals surface area contributed by atoms with E-state index >= 15 is 0 Å². The van der Waals surface area contributed by atoms with Crippen molar-refractivity contribution in [2.24, 2.45) is 5.92 Å². The highest BCUT2D eigenvalue weighted by molar-refractivity contribution is 6.00.